The van der Waals surface area contributed by atoms with Gasteiger partial charge in [-0.2, -0.15) is 4.39 Å². The van der Waals surface area contributed by atoms with E-state index in [0.29, 0.717) is 12.8 Å². The second kappa shape index (κ2) is 9.60. The van der Waals surface area contributed by atoms with E-state index in [0.717, 1.165) is 25.7 Å². The zero-order chi connectivity index (χ0) is 19.1. The van der Waals surface area contributed by atoms with Crippen molar-refractivity contribution in [2.75, 3.05) is 6.61 Å². The molecule has 0 aliphatic heterocycles. The van der Waals surface area contributed by atoms with E-state index < -0.39 is 23.3 Å². The molecule has 0 aromatic heterocycles. The SMILES string of the molecule is CCCCCCc1ccc(-c2ccc(OCCC)c(F)c2F)c(F)c1F. The lowest BCUT2D eigenvalue weighted by Crippen LogP contribution is -2.02. The van der Waals surface area contributed by atoms with Crippen molar-refractivity contribution in [3.63, 3.8) is 0 Å². The van der Waals surface area contributed by atoms with Crippen LogP contribution in [0.25, 0.3) is 11.1 Å². The molecule has 26 heavy (non-hydrogen) atoms. The number of hydrogen-bond acceptors (Lipinski definition) is 1. The molecule has 0 amide bonds. The average molecular weight is 368 g/mol. The second-order valence-electron chi connectivity index (χ2n) is 6.30. The Morgan fingerprint density at radius 1 is 0.692 bits per heavy atom. The monoisotopic (exact) mass is 368 g/mol. The van der Waals surface area contributed by atoms with E-state index in [9.17, 15) is 17.6 Å². The molecule has 0 heterocycles. The minimum Gasteiger partial charge on any atom is -0.490 e. The van der Waals surface area contributed by atoms with Gasteiger partial charge in [-0.25, -0.2) is 13.2 Å². The van der Waals surface area contributed by atoms with Crippen molar-refractivity contribution in [3.05, 3.63) is 53.1 Å². The zero-order valence-corrected chi connectivity index (χ0v) is 15.2. The normalized spacial score (nSPS) is 11.0. The highest BCUT2D eigenvalue weighted by Gasteiger charge is 2.21. The van der Waals surface area contributed by atoms with Gasteiger partial charge < -0.3 is 4.74 Å². The Morgan fingerprint density at radius 3 is 2.00 bits per heavy atom. The Balaban J connectivity index is 2.29. The van der Waals surface area contributed by atoms with Crippen LogP contribution >= 0.6 is 0 Å². The van der Waals surface area contributed by atoms with E-state index in [4.69, 9.17) is 4.74 Å². The summed E-state index contributed by atoms with van der Waals surface area (Å²) in [6.45, 7) is 4.15. The molecule has 0 aliphatic rings. The van der Waals surface area contributed by atoms with Gasteiger partial charge in [0.25, 0.3) is 0 Å². The molecule has 0 aliphatic carbocycles. The first-order valence-corrected chi connectivity index (χ1v) is 9.09. The van der Waals surface area contributed by atoms with Crippen LogP contribution in [-0.4, -0.2) is 6.61 Å². The maximum atomic E-state index is 14.4. The molecule has 0 radical (unpaired) electrons. The van der Waals surface area contributed by atoms with Crippen molar-refractivity contribution in [1.29, 1.82) is 0 Å². The Kier molecular flexibility index (Phi) is 7.49. The fourth-order valence-corrected chi connectivity index (χ4v) is 2.80. The molecule has 0 N–H and O–H groups in total. The molecule has 0 bridgehead atoms. The van der Waals surface area contributed by atoms with Crippen molar-refractivity contribution >= 4 is 0 Å². The maximum Gasteiger partial charge on any atom is 0.201 e. The minimum atomic E-state index is -1.24. The number of benzene rings is 2. The summed E-state index contributed by atoms with van der Waals surface area (Å²) in [6, 6.07) is 5.19. The molecule has 0 unspecified atom stereocenters. The number of ether oxygens (including phenoxy) is 1. The van der Waals surface area contributed by atoms with Gasteiger partial charge in [0.15, 0.2) is 23.2 Å². The highest BCUT2D eigenvalue weighted by Crippen LogP contribution is 2.33. The van der Waals surface area contributed by atoms with Crippen LogP contribution in [0.5, 0.6) is 5.75 Å². The highest BCUT2D eigenvalue weighted by atomic mass is 19.2. The van der Waals surface area contributed by atoms with Crippen LogP contribution in [-0.2, 0) is 6.42 Å². The summed E-state index contributed by atoms with van der Waals surface area (Å²) >= 11 is 0. The standard InChI is InChI=1S/C21H24F4O/c1-3-5-6-7-8-14-9-10-15(19(23)18(14)22)16-11-12-17(26-13-4-2)21(25)20(16)24/h9-12H,3-8,13H2,1-2H3. The molecule has 1 nitrogen and oxygen atoms in total. The molecule has 2 aromatic carbocycles. The molecule has 5 heteroatoms. The van der Waals surface area contributed by atoms with Crippen LogP contribution in [0.2, 0.25) is 0 Å². The van der Waals surface area contributed by atoms with Gasteiger partial charge in [-0.05, 0) is 37.0 Å². The molecule has 0 fully saturated rings. The van der Waals surface area contributed by atoms with Crippen molar-refractivity contribution in [3.8, 4) is 16.9 Å². The predicted molar refractivity (Wildman–Crippen MR) is 95.3 cm³/mol. The van der Waals surface area contributed by atoms with Gasteiger partial charge in [-0.15, -0.1) is 0 Å². The molecular weight excluding hydrogens is 344 g/mol. The maximum absolute atomic E-state index is 14.4. The Morgan fingerprint density at radius 2 is 1.35 bits per heavy atom. The molecular formula is C21H24F4O. The summed E-state index contributed by atoms with van der Waals surface area (Å²) < 4.78 is 62.3. The lowest BCUT2D eigenvalue weighted by Gasteiger charge is -2.12. The van der Waals surface area contributed by atoms with Gasteiger partial charge in [0, 0.05) is 11.1 Å². The quantitative estimate of drug-likeness (QED) is 0.348. The van der Waals surface area contributed by atoms with Gasteiger partial charge in [0.2, 0.25) is 5.82 Å². The van der Waals surface area contributed by atoms with Crippen LogP contribution in [0.1, 0.15) is 51.5 Å². The molecule has 142 valence electrons. The molecule has 2 aromatic rings. The van der Waals surface area contributed by atoms with Crippen LogP contribution in [0.4, 0.5) is 17.6 Å². The van der Waals surface area contributed by atoms with Crippen LogP contribution < -0.4 is 4.74 Å². The van der Waals surface area contributed by atoms with Gasteiger partial charge in [0.1, 0.15) is 0 Å². The van der Waals surface area contributed by atoms with E-state index in [1.54, 1.807) is 0 Å². The number of rotatable bonds is 9. The number of aryl methyl sites for hydroxylation is 1. The van der Waals surface area contributed by atoms with Crippen molar-refractivity contribution in [2.45, 2.75) is 52.4 Å². The van der Waals surface area contributed by atoms with Crippen LogP contribution in [0.15, 0.2) is 24.3 Å². The topological polar surface area (TPSA) is 9.23 Å². The smallest absolute Gasteiger partial charge is 0.201 e. The van der Waals surface area contributed by atoms with E-state index in [2.05, 4.69) is 6.92 Å². The average Bonchev–Trinajstić information content (AvgIpc) is 2.64. The van der Waals surface area contributed by atoms with Gasteiger partial charge in [-0.1, -0.05) is 45.2 Å². The van der Waals surface area contributed by atoms with Crippen molar-refractivity contribution in [2.24, 2.45) is 0 Å². The lowest BCUT2D eigenvalue weighted by atomic mass is 9.99. The third-order valence-electron chi connectivity index (χ3n) is 4.26. The number of hydrogen-bond donors (Lipinski definition) is 0. The first-order valence-electron chi connectivity index (χ1n) is 9.09. The molecule has 0 saturated carbocycles. The van der Waals surface area contributed by atoms with Crippen LogP contribution in [0, 0.1) is 23.3 Å². The van der Waals surface area contributed by atoms with E-state index >= 15 is 0 Å². The number of unbranched alkanes of at least 4 members (excludes halogenated alkanes) is 3. The summed E-state index contributed by atoms with van der Waals surface area (Å²) in [6.07, 6.45) is 4.86. The largest absolute Gasteiger partial charge is 0.490 e. The third-order valence-corrected chi connectivity index (χ3v) is 4.26. The van der Waals surface area contributed by atoms with Crippen LogP contribution in [0.3, 0.4) is 0 Å². The molecule has 2 rings (SSSR count). The summed E-state index contributed by atoms with van der Waals surface area (Å²) in [5, 5.41) is 0. The fourth-order valence-electron chi connectivity index (χ4n) is 2.80. The molecule has 0 atom stereocenters. The third kappa shape index (κ3) is 4.57. The van der Waals surface area contributed by atoms with Gasteiger partial charge >= 0.3 is 0 Å². The Labute approximate surface area is 152 Å². The van der Waals surface area contributed by atoms with Crippen molar-refractivity contribution in [1.82, 2.24) is 0 Å². The first kappa shape index (κ1) is 20.3. The van der Waals surface area contributed by atoms with E-state index in [1.807, 2.05) is 6.92 Å². The van der Waals surface area contributed by atoms with E-state index in [-0.39, 0.29) is 29.0 Å². The van der Waals surface area contributed by atoms with Gasteiger partial charge in [0.05, 0.1) is 6.61 Å². The Bertz CT molecular complexity index is 743. The summed E-state index contributed by atoms with van der Waals surface area (Å²) in [5.74, 6) is -4.82. The van der Waals surface area contributed by atoms with Crippen molar-refractivity contribution < 1.29 is 22.3 Å². The second-order valence-corrected chi connectivity index (χ2v) is 6.30. The van der Waals surface area contributed by atoms with E-state index in [1.165, 1.54) is 24.3 Å². The summed E-state index contributed by atoms with van der Waals surface area (Å²) in [5.41, 5.74) is -0.357. The first-order chi connectivity index (χ1) is 12.5. The molecule has 0 saturated heterocycles. The van der Waals surface area contributed by atoms with Gasteiger partial charge in [-0.3, -0.25) is 0 Å². The minimum absolute atomic E-state index is 0.235. The zero-order valence-electron chi connectivity index (χ0n) is 15.2. The summed E-state index contributed by atoms with van der Waals surface area (Å²) in [7, 11) is 0. The highest BCUT2D eigenvalue weighted by molar-refractivity contribution is 5.66. The number of halogens is 4. The summed E-state index contributed by atoms with van der Waals surface area (Å²) in [4.78, 5) is 0. The molecule has 0 spiro atoms. The lowest BCUT2D eigenvalue weighted by molar-refractivity contribution is 0.295. The Hall–Kier alpha value is -2.04. The predicted octanol–water partition coefficient (Wildman–Crippen LogP) is 6.82. The fraction of sp³-hybridized carbons (Fsp3) is 0.429.